The number of benzene rings is 3. The molecule has 174 valence electrons. The van der Waals surface area contributed by atoms with E-state index in [1.165, 1.54) is 5.56 Å². The number of likely N-dealkylation sites (N-methyl/N-ethyl adjacent to an activating group) is 1. The Morgan fingerprint density at radius 3 is 2.33 bits per heavy atom. The summed E-state index contributed by atoms with van der Waals surface area (Å²) in [7, 11) is 0. The van der Waals surface area contributed by atoms with E-state index >= 15 is 0 Å². The molecule has 4 aromatic rings. The lowest BCUT2D eigenvalue weighted by molar-refractivity contribution is 0.302. The van der Waals surface area contributed by atoms with Crippen molar-refractivity contribution in [3.05, 3.63) is 90.1 Å². The van der Waals surface area contributed by atoms with Gasteiger partial charge in [0.1, 0.15) is 5.75 Å². The molecule has 4 rings (SSSR count). The Morgan fingerprint density at radius 1 is 0.909 bits per heavy atom. The average molecular weight is 486 g/mol. The predicted octanol–water partition coefficient (Wildman–Crippen LogP) is 5.94. The van der Waals surface area contributed by atoms with Gasteiger partial charge in [0.25, 0.3) is 0 Å². The van der Waals surface area contributed by atoms with Crippen LogP contribution in [0.2, 0.25) is 0 Å². The van der Waals surface area contributed by atoms with E-state index < -0.39 is 0 Å². The minimum absolute atomic E-state index is 0. The Morgan fingerprint density at radius 2 is 1.64 bits per heavy atom. The molecule has 0 radical (unpaired) electrons. The van der Waals surface area contributed by atoms with Crippen LogP contribution in [0.5, 0.6) is 5.75 Å². The van der Waals surface area contributed by atoms with Crippen LogP contribution in [0.3, 0.4) is 0 Å². The van der Waals surface area contributed by atoms with Gasteiger partial charge in [-0.25, -0.2) is 0 Å². The smallest absolute Gasteiger partial charge is 0.139 e. The fourth-order valence-corrected chi connectivity index (χ4v) is 3.82. The van der Waals surface area contributed by atoms with Gasteiger partial charge in [-0.1, -0.05) is 36.4 Å². The van der Waals surface area contributed by atoms with Crippen molar-refractivity contribution in [1.29, 1.82) is 0 Å². The molecule has 0 saturated carbocycles. The fraction of sp³-hybridized carbons (Fsp3) is 0.192. The maximum Gasteiger partial charge on any atom is 0.139 e. The van der Waals surface area contributed by atoms with Crippen LogP contribution in [-0.2, 0) is 6.42 Å². The number of hydrogen-bond acceptors (Lipinski definition) is 5. The molecule has 0 saturated heterocycles. The van der Waals surface area contributed by atoms with Gasteiger partial charge in [0, 0.05) is 36.0 Å². The number of fused-ring (bicyclic) bond motifs is 1. The zero-order chi connectivity index (χ0) is 21.6. The molecule has 7 heteroatoms. The standard InChI is InChI=1S/C26H27N3O2.2ClH/c1-2-29(15-16-30)25-12-9-20(18-26(25)31)17-19-7-10-21(11-8-19)28-24-13-14-27-23-6-4-3-5-22(23)24;;/h3-14,18,30-31H,2,15-17H2,1H3,(H,27,28);2*1H. The molecule has 0 bridgehead atoms. The lowest BCUT2D eigenvalue weighted by Gasteiger charge is -2.23. The number of aliphatic hydroxyl groups excluding tert-OH is 1. The van der Waals surface area contributed by atoms with Gasteiger partial charge in [-0.05, 0) is 60.9 Å². The Labute approximate surface area is 206 Å². The summed E-state index contributed by atoms with van der Waals surface area (Å²) >= 11 is 0. The van der Waals surface area contributed by atoms with Crippen LogP contribution in [0.15, 0.2) is 79.0 Å². The highest BCUT2D eigenvalue weighted by molar-refractivity contribution is 5.92. The SMILES string of the molecule is CCN(CCO)c1ccc(Cc2ccc(Nc3ccnc4ccccc34)cc2)cc1O.Cl.Cl. The summed E-state index contributed by atoms with van der Waals surface area (Å²) in [5.74, 6) is 0.246. The van der Waals surface area contributed by atoms with E-state index in [4.69, 9.17) is 0 Å². The lowest BCUT2D eigenvalue weighted by atomic mass is 10.0. The molecule has 0 atom stereocenters. The predicted molar refractivity (Wildman–Crippen MR) is 142 cm³/mol. The number of aromatic hydroxyl groups is 1. The first-order valence-electron chi connectivity index (χ1n) is 10.6. The molecule has 3 N–H and O–H groups in total. The number of nitrogens with one attached hydrogen (secondary N) is 1. The third-order valence-corrected chi connectivity index (χ3v) is 5.42. The molecule has 0 aliphatic rings. The molecule has 0 aliphatic carbocycles. The normalized spacial score (nSPS) is 10.2. The van der Waals surface area contributed by atoms with Gasteiger partial charge in [0.05, 0.1) is 17.8 Å². The minimum Gasteiger partial charge on any atom is -0.506 e. The maximum absolute atomic E-state index is 10.5. The van der Waals surface area contributed by atoms with Gasteiger partial charge in [0.2, 0.25) is 0 Å². The second-order valence-electron chi connectivity index (χ2n) is 7.50. The van der Waals surface area contributed by atoms with Crippen molar-refractivity contribution < 1.29 is 10.2 Å². The molecule has 1 heterocycles. The van der Waals surface area contributed by atoms with E-state index in [-0.39, 0.29) is 37.2 Å². The van der Waals surface area contributed by atoms with Crippen LogP contribution in [0.25, 0.3) is 10.9 Å². The lowest BCUT2D eigenvalue weighted by Crippen LogP contribution is -2.26. The molecule has 5 nitrogen and oxygen atoms in total. The highest BCUT2D eigenvalue weighted by atomic mass is 35.5. The number of para-hydroxylation sites is 1. The Balaban J connectivity index is 0.00000193. The molecule has 0 spiro atoms. The summed E-state index contributed by atoms with van der Waals surface area (Å²) in [5, 5.41) is 24.2. The van der Waals surface area contributed by atoms with E-state index in [1.807, 2.05) is 60.5 Å². The number of pyridine rings is 1. The number of phenols is 1. The van der Waals surface area contributed by atoms with Crippen LogP contribution in [0, 0.1) is 0 Å². The second kappa shape index (κ2) is 12.3. The number of hydrogen-bond donors (Lipinski definition) is 3. The molecule has 3 aromatic carbocycles. The second-order valence-corrected chi connectivity index (χ2v) is 7.50. The summed E-state index contributed by atoms with van der Waals surface area (Å²) in [4.78, 5) is 6.37. The number of rotatable bonds is 8. The quantitative estimate of drug-likeness (QED) is 0.288. The molecule has 0 amide bonds. The monoisotopic (exact) mass is 485 g/mol. The Bertz CT molecular complexity index is 1160. The van der Waals surface area contributed by atoms with Crippen molar-refractivity contribution in [3.63, 3.8) is 0 Å². The third-order valence-electron chi connectivity index (χ3n) is 5.42. The number of anilines is 3. The van der Waals surface area contributed by atoms with Gasteiger partial charge < -0.3 is 20.4 Å². The van der Waals surface area contributed by atoms with Gasteiger partial charge in [-0.2, -0.15) is 0 Å². The van der Waals surface area contributed by atoms with Gasteiger partial charge in [-0.3, -0.25) is 4.98 Å². The van der Waals surface area contributed by atoms with Crippen LogP contribution in [-0.4, -0.2) is 34.9 Å². The van der Waals surface area contributed by atoms with Crippen LogP contribution < -0.4 is 10.2 Å². The molecule has 33 heavy (non-hydrogen) atoms. The summed E-state index contributed by atoms with van der Waals surface area (Å²) in [6.07, 6.45) is 2.55. The number of halogens is 2. The number of phenolic OH excluding ortho intramolecular Hbond substituents is 1. The van der Waals surface area contributed by atoms with E-state index in [2.05, 4.69) is 40.6 Å². The van der Waals surface area contributed by atoms with Crippen LogP contribution in [0.4, 0.5) is 17.1 Å². The number of nitrogens with zero attached hydrogens (tertiary/aromatic N) is 2. The van der Waals surface area contributed by atoms with Crippen LogP contribution >= 0.6 is 24.8 Å². The minimum atomic E-state index is 0. The van der Waals surface area contributed by atoms with Crippen LogP contribution in [0.1, 0.15) is 18.1 Å². The van der Waals surface area contributed by atoms with E-state index in [9.17, 15) is 10.2 Å². The van der Waals surface area contributed by atoms with E-state index in [0.717, 1.165) is 46.5 Å². The zero-order valence-corrected chi connectivity index (χ0v) is 20.1. The molecule has 0 aliphatic heterocycles. The molecular formula is C26H29Cl2N3O2. The molecular weight excluding hydrogens is 457 g/mol. The largest absolute Gasteiger partial charge is 0.506 e. The summed E-state index contributed by atoms with van der Waals surface area (Å²) in [5.41, 5.74) is 5.97. The van der Waals surface area contributed by atoms with Crippen molar-refractivity contribution in [3.8, 4) is 5.75 Å². The van der Waals surface area contributed by atoms with E-state index in [0.29, 0.717) is 6.54 Å². The van der Waals surface area contributed by atoms with Crippen molar-refractivity contribution in [2.24, 2.45) is 0 Å². The maximum atomic E-state index is 10.5. The summed E-state index contributed by atoms with van der Waals surface area (Å²) in [6.45, 7) is 3.30. The first kappa shape index (κ1) is 26.3. The average Bonchev–Trinajstić information content (AvgIpc) is 2.79. The van der Waals surface area contributed by atoms with Gasteiger partial charge >= 0.3 is 0 Å². The first-order chi connectivity index (χ1) is 15.2. The summed E-state index contributed by atoms with van der Waals surface area (Å²) in [6, 6.07) is 24.2. The molecule has 0 unspecified atom stereocenters. The first-order valence-corrected chi connectivity index (χ1v) is 10.6. The van der Waals surface area contributed by atoms with Crippen molar-refractivity contribution in [1.82, 2.24) is 4.98 Å². The zero-order valence-electron chi connectivity index (χ0n) is 18.4. The van der Waals surface area contributed by atoms with Crippen molar-refractivity contribution in [2.45, 2.75) is 13.3 Å². The van der Waals surface area contributed by atoms with Gasteiger partial charge in [0.15, 0.2) is 0 Å². The summed E-state index contributed by atoms with van der Waals surface area (Å²) < 4.78 is 0. The Kier molecular flexibility index (Phi) is 9.79. The highest BCUT2D eigenvalue weighted by Gasteiger charge is 2.10. The number of aromatic nitrogens is 1. The molecule has 1 aromatic heterocycles. The molecule has 0 fully saturated rings. The van der Waals surface area contributed by atoms with Crippen molar-refractivity contribution in [2.75, 3.05) is 29.9 Å². The Hall–Kier alpha value is -2.99. The third kappa shape index (κ3) is 6.29. The van der Waals surface area contributed by atoms with Gasteiger partial charge in [-0.15, -0.1) is 24.8 Å². The fourth-order valence-electron chi connectivity index (χ4n) is 3.82. The highest BCUT2D eigenvalue weighted by Crippen LogP contribution is 2.29. The van der Waals surface area contributed by atoms with Crippen molar-refractivity contribution >= 4 is 52.8 Å². The number of aliphatic hydroxyl groups is 1. The topological polar surface area (TPSA) is 68.6 Å². The van der Waals surface area contributed by atoms with E-state index in [1.54, 1.807) is 0 Å².